The number of carbonyl (C=O) groups is 2. The maximum atomic E-state index is 14.2. The number of unbranched alkanes of at least 4 members (excludes halogenated alkanes) is 1. The van der Waals surface area contributed by atoms with Crippen LogP contribution in [-0.2, 0) is 32.6 Å². The molecule has 0 heterocycles. The van der Waals surface area contributed by atoms with Crippen molar-refractivity contribution in [3.63, 3.8) is 0 Å². The molecule has 3 rings (SSSR count). The lowest BCUT2D eigenvalue weighted by Crippen LogP contribution is -2.53. The van der Waals surface area contributed by atoms with Gasteiger partial charge in [-0.05, 0) is 30.5 Å². The molecule has 12 heteroatoms. The van der Waals surface area contributed by atoms with E-state index in [0.717, 1.165) is 46.2 Å². The molecule has 0 bridgehead atoms. The summed E-state index contributed by atoms with van der Waals surface area (Å²) in [7, 11) is -2.84. The van der Waals surface area contributed by atoms with Gasteiger partial charge < -0.3 is 15.0 Å². The van der Waals surface area contributed by atoms with E-state index >= 15 is 0 Å². The summed E-state index contributed by atoms with van der Waals surface area (Å²) >= 11 is 0. The number of nitro groups is 1. The van der Waals surface area contributed by atoms with Gasteiger partial charge in [-0.2, -0.15) is 0 Å². The average Bonchev–Trinajstić information content (AvgIpc) is 2.97. The van der Waals surface area contributed by atoms with E-state index in [1.54, 1.807) is 0 Å². The van der Waals surface area contributed by atoms with E-state index in [2.05, 4.69) is 5.32 Å². The van der Waals surface area contributed by atoms with Gasteiger partial charge in [0, 0.05) is 31.6 Å². The molecule has 43 heavy (non-hydrogen) atoms. The summed E-state index contributed by atoms with van der Waals surface area (Å²) < 4.78 is 32.2. The van der Waals surface area contributed by atoms with E-state index < -0.39 is 33.4 Å². The molecule has 0 saturated heterocycles. The largest absolute Gasteiger partial charge is 0.495 e. The van der Waals surface area contributed by atoms with Gasteiger partial charge in [-0.15, -0.1) is 0 Å². The Kier molecular flexibility index (Phi) is 11.6. The minimum atomic E-state index is -4.14. The molecule has 0 aliphatic rings. The third-order valence-electron chi connectivity index (χ3n) is 6.86. The van der Waals surface area contributed by atoms with Gasteiger partial charge in [0.15, 0.2) is 0 Å². The van der Waals surface area contributed by atoms with Crippen molar-refractivity contribution in [2.24, 2.45) is 0 Å². The van der Waals surface area contributed by atoms with Crippen LogP contribution in [0.25, 0.3) is 0 Å². The Hall–Kier alpha value is -4.45. The molecule has 1 N–H and O–H groups in total. The Labute approximate surface area is 252 Å². The predicted molar refractivity (Wildman–Crippen MR) is 165 cm³/mol. The van der Waals surface area contributed by atoms with Crippen molar-refractivity contribution in [2.75, 3.05) is 30.8 Å². The van der Waals surface area contributed by atoms with Gasteiger partial charge in [-0.25, -0.2) is 8.42 Å². The van der Waals surface area contributed by atoms with Crippen LogP contribution >= 0.6 is 0 Å². The number of methoxy groups -OCH3 is 1. The molecule has 11 nitrogen and oxygen atoms in total. The Morgan fingerprint density at radius 3 is 2.33 bits per heavy atom. The first kappa shape index (κ1) is 33.1. The van der Waals surface area contributed by atoms with Crippen LogP contribution in [-0.4, -0.2) is 62.6 Å². The monoisotopic (exact) mass is 610 g/mol. The van der Waals surface area contributed by atoms with Crippen LogP contribution in [0.4, 0.5) is 11.4 Å². The standard InChI is InChI=1S/C31H38N4O7S/c1-5-6-17-32-31(37)28(19-24-12-8-7-9-13-24)33(21-25-14-10-11-23(2)18-25)30(36)22-34(43(4,40)41)27-20-26(35(38)39)15-16-29(27)42-3/h7-16,18,20,28H,5-6,17,19,21-22H2,1-4H3,(H,32,37)/t28-/m0/s1. The number of anilines is 1. The van der Waals surface area contributed by atoms with Crippen molar-refractivity contribution in [3.8, 4) is 5.75 Å². The van der Waals surface area contributed by atoms with E-state index in [-0.39, 0.29) is 36.0 Å². The highest BCUT2D eigenvalue weighted by Crippen LogP contribution is 2.34. The van der Waals surface area contributed by atoms with E-state index in [1.165, 1.54) is 24.1 Å². The second-order valence-corrected chi connectivity index (χ2v) is 12.2. The molecule has 3 aromatic rings. The van der Waals surface area contributed by atoms with Crippen LogP contribution in [0.15, 0.2) is 72.8 Å². The molecule has 0 fully saturated rings. The van der Waals surface area contributed by atoms with Crippen LogP contribution in [0.1, 0.15) is 36.5 Å². The molecule has 0 spiro atoms. The zero-order valence-corrected chi connectivity index (χ0v) is 25.7. The predicted octanol–water partition coefficient (Wildman–Crippen LogP) is 4.23. The van der Waals surface area contributed by atoms with Crippen molar-refractivity contribution < 1.29 is 27.7 Å². The fourth-order valence-corrected chi connectivity index (χ4v) is 5.49. The van der Waals surface area contributed by atoms with Crippen molar-refractivity contribution in [1.82, 2.24) is 10.2 Å². The first-order chi connectivity index (χ1) is 20.4. The molecule has 0 aliphatic carbocycles. The highest BCUT2D eigenvalue weighted by atomic mass is 32.2. The molecule has 0 radical (unpaired) electrons. The molecular formula is C31H38N4O7S. The number of benzene rings is 3. The molecular weight excluding hydrogens is 572 g/mol. The summed E-state index contributed by atoms with van der Waals surface area (Å²) in [5, 5.41) is 14.4. The number of hydrogen-bond acceptors (Lipinski definition) is 7. The highest BCUT2D eigenvalue weighted by molar-refractivity contribution is 7.92. The number of carbonyl (C=O) groups excluding carboxylic acids is 2. The number of amides is 2. The van der Waals surface area contributed by atoms with Gasteiger partial charge in [-0.1, -0.05) is 73.5 Å². The van der Waals surface area contributed by atoms with Gasteiger partial charge in [0.1, 0.15) is 24.0 Å². The minimum Gasteiger partial charge on any atom is -0.495 e. The van der Waals surface area contributed by atoms with Crippen molar-refractivity contribution >= 4 is 33.2 Å². The van der Waals surface area contributed by atoms with Crippen LogP contribution in [0.3, 0.4) is 0 Å². The molecule has 0 aromatic heterocycles. The number of nitrogens with zero attached hydrogens (tertiary/aromatic N) is 3. The van der Waals surface area contributed by atoms with Crippen LogP contribution in [0, 0.1) is 17.0 Å². The molecule has 1 atom stereocenters. The third-order valence-corrected chi connectivity index (χ3v) is 7.98. The number of sulfonamides is 1. The van der Waals surface area contributed by atoms with E-state index in [1.807, 2.05) is 68.4 Å². The van der Waals surface area contributed by atoms with Crippen LogP contribution < -0.4 is 14.4 Å². The zero-order chi connectivity index (χ0) is 31.6. The number of ether oxygens (including phenoxy) is 1. The quantitative estimate of drug-likeness (QED) is 0.154. The molecule has 0 aliphatic heterocycles. The van der Waals surface area contributed by atoms with Gasteiger partial charge in [0.2, 0.25) is 21.8 Å². The smallest absolute Gasteiger partial charge is 0.271 e. The second kappa shape index (κ2) is 15.1. The Morgan fingerprint density at radius 2 is 1.72 bits per heavy atom. The Bertz CT molecular complexity index is 1530. The van der Waals surface area contributed by atoms with Crippen molar-refractivity contribution in [2.45, 2.75) is 45.7 Å². The lowest BCUT2D eigenvalue weighted by Gasteiger charge is -2.33. The Balaban J connectivity index is 2.11. The number of non-ortho nitro benzene ring substituents is 1. The van der Waals surface area contributed by atoms with E-state index in [4.69, 9.17) is 4.74 Å². The summed E-state index contributed by atoms with van der Waals surface area (Å²) in [6.07, 6.45) is 2.71. The van der Waals surface area contributed by atoms with E-state index in [0.29, 0.717) is 6.54 Å². The highest BCUT2D eigenvalue weighted by Gasteiger charge is 2.34. The van der Waals surface area contributed by atoms with Gasteiger partial charge in [0.25, 0.3) is 5.69 Å². The van der Waals surface area contributed by atoms with Crippen LogP contribution in [0.2, 0.25) is 0 Å². The fraction of sp³-hybridized carbons (Fsp3) is 0.355. The van der Waals surface area contributed by atoms with Crippen molar-refractivity contribution in [3.05, 3.63) is 99.6 Å². The number of nitrogens with one attached hydrogen (secondary N) is 1. The van der Waals surface area contributed by atoms with Gasteiger partial charge in [0.05, 0.1) is 18.3 Å². The molecule has 2 amide bonds. The summed E-state index contributed by atoms with van der Waals surface area (Å²) in [6.45, 7) is 3.66. The van der Waals surface area contributed by atoms with Crippen LogP contribution in [0.5, 0.6) is 5.75 Å². The summed E-state index contributed by atoms with van der Waals surface area (Å²) in [5.74, 6) is -0.989. The average molecular weight is 611 g/mol. The van der Waals surface area contributed by atoms with Gasteiger partial charge in [-0.3, -0.25) is 24.0 Å². The van der Waals surface area contributed by atoms with E-state index in [9.17, 15) is 28.1 Å². The van der Waals surface area contributed by atoms with Crippen molar-refractivity contribution in [1.29, 1.82) is 0 Å². The molecule has 3 aromatic carbocycles. The third kappa shape index (κ3) is 9.27. The number of nitro benzene ring substituents is 1. The molecule has 230 valence electrons. The first-order valence-corrected chi connectivity index (χ1v) is 15.8. The SMILES string of the molecule is CCCCNC(=O)[C@H](Cc1ccccc1)N(Cc1cccc(C)c1)C(=O)CN(c1cc([N+](=O)[O-])ccc1OC)S(C)(=O)=O. The first-order valence-electron chi connectivity index (χ1n) is 13.9. The number of aryl methyl sites for hydroxylation is 1. The zero-order valence-electron chi connectivity index (χ0n) is 24.9. The van der Waals surface area contributed by atoms with Gasteiger partial charge >= 0.3 is 0 Å². The fourth-order valence-electron chi connectivity index (χ4n) is 4.65. The number of rotatable bonds is 15. The normalized spacial score (nSPS) is 11.8. The summed E-state index contributed by atoms with van der Waals surface area (Å²) in [4.78, 5) is 40.1. The topological polar surface area (TPSA) is 139 Å². The maximum absolute atomic E-state index is 14.2. The Morgan fingerprint density at radius 1 is 1.02 bits per heavy atom. The summed E-state index contributed by atoms with van der Waals surface area (Å²) in [5.41, 5.74) is 2.00. The molecule has 0 saturated carbocycles. The summed E-state index contributed by atoms with van der Waals surface area (Å²) in [6, 6.07) is 19.3. The number of hydrogen-bond donors (Lipinski definition) is 1. The minimum absolute atomic E-state index is 0.0306. The maximum Gasteiger partial charge on any atom is 0.271 e. The second-order valence-electron chi connectivity index (χ2n) is 10.2. The lowest BCUT2D eigenvalue weighted by molar-refractivity contribution is -0.384. The lowest BCUT2D eigenvalue weighted by atomic mass is 10.0. The molecule has 0 unspecified atom stereocenters.